The first-order valence-electron chi connectivity index (χ1n) is 6.80. The Labute approximate surface area is 138 Å². The van der Waals surface area contributed by atoms with E-state index in [9.17, 15) is 4.79 Å². The number of rotatable bonds is 6. The van der Waals surface area contributed by atoms with Gasteiger partial charge in [-0.3, -0.25) is 4.79 Å². The number of ether oxygens (including phenoxy) is 1. The van der Waals surface area contributed by atoms with Gasteiger partial charge < -0.3 is 10.1 Å². The molecule has 0 amide bonds. The molecule has 1 aromatic heterocycles. The zero-order valence-corrected chi connectivity index (χ0v) is 14.7. The molecule has 22 heavy (non-hydrogen) atoms. The van der Waals surface area contributed by atoms with Crippen LogP contribution in [0.4, 0.5) is 10.8 Å². The van der Waals surface area contributed by atoms with Crippen molar-refractivity contribution in [1.29, 1.82) is 0 Å². The molecule has 0 saturated carbocycles. The summed E-state index contributed by atoms with van der Waals surface area (Å²) in [6.45, 7) is 5.76. The first-order valence-corrected chi connectivity index (χ1v) is 8.60. The van der Waals surface area contributed by atoms with Crippen molar-refractivity contribution < 1.29 is 9.53 Å². The molecule has 1 aromatic carbocycles. The minimum absolute atomic E-state index is 0.201. The average molecular weight is 337 g/mol. The summed E-state index contributed by atoms with van der Waals surface area (Å²) in [6.07, 6.45) is 0. The first-order chi connectivity index (χ1) is 10.4. The molecule has 1 heterocycles. The van der Waals surface area contributed by atoms with E-state index in [2.05, 4.69) is 15.5 Å². The smallest absolute Gasteiger partial charge is 0.210 e. The largest absolute Gasteiger partial charge is 0.495 e. The van der Waals surface area contributed by atoms with Crippen LogP contribution in [0.3, 0.4) is 0 Å². The van der Waals surface area contributed by atoms with Crippen LogP contribution in [0.5, 0.6) is 5.75 Å². The Hall–Kier alpha value is -1.60. The molecule has 118 valence electrons. The topological polar surface area (TPSA) is 64.1 Å². The van der Waals surface area contributed by atoms with Crippen molar-refractivity contribution in [2.24, 2.45) is 5.41 Å². The number of para-hydroxylation sites is 2. The fraction of sp³-hybridized carbons (Fsp3) is 0.400. The van der Waals surface area contributed by atoms with Crippen LogP contribution in [0.2, 0.25) is 0 Å². The molecule has 0 aliphatic rings. The van der Waals surface area contributed by atoms with Gasteiger partial charge >= 0.3 is 0 Å². The lowest BCUT2D eigenvalue weighted by Crippen LogP contribution is -2.21. The Morgan fingerprint density at radius 1 is 1.32 bits per heavy atom. The van der Waals surface area contributed by atoms with Crippen molar-refractivity contribution in [3.63, 3.8) is 0 Å². The van der Waals surface area contributed by atoms with E-state index >= 15 is 0 Å². The van der Waals surface area contributed by atoms with Gasteiger partial charge in [0, 0.05) is 5.41 Å². The number of carbonyl (C=O) groups excluding carboxylic acids is 1. The standard InChI is InChI=1S/C15H19N3O2S2/c1-15(2,3)12(19)9-21-14-18-17-13(22-14)16-10-7-5-6-8-11(10)20-4/h5-8H,9H2,1-4H3,(H,16,17). The maximum absolute atomic E-state index is 11.9. The second-order valence-corrected chi connectivity index (χ2v) is 7.86. The van der Waals surface area contributed by atoms with Gasteiger partial charge in [-0.05, 0) is 12.1 Å². The molecule has 0 fully saturated rings. The molecular weight excluding hydrogens is 318 g/mol. The fourth-order valence-electron chi connectivity index (χ4n) is 1.53. The SMILES string of the molecule is COc1ccccc1Nc1nnc(SCC(=O)C(C)(C)C)s1. The van der Waals surface area contributed by atoms with Crippen molar-refractivity contribution in [3.8, 4) is 5.75 Å². The van der Waals surface area contributed by atoms with Gasteiger partial charge in [-0.1, -0.05) is 56.0 Å². The number of aromatic nitrogens is 2. The van der Waals surface area contributed by atoms with Gasteiger partial charge in [0.25, 0.3) is 0 Å². The number of Topliss-reactive ketones (excluding diaryl/α,β-unsaturated/α-hetero) is 1. The van der Waals surface area contributed by atoms with Crippen LogP contribution in [0.15, 0.2) is 28.6 Å². The summed E-state index contributed by atoms with van der Waals surface area (Å²) in [5.74, 6) is 1.36. The minimum atomic E-state index is -0.323. The van der Waals surface area contributed by atoms with E-state index in [1.54, 1.807) is 7.11 Å². The molecule has 0 aliphatic heterocycles. The normalized spacial score (nSPS) is 11.3. The first kappa shape index (κ1) is 16.8. The summed E-state index contributed by atoms with van der Waals surface area (Å²) < 4.78 is 6.06. The molecule has 0 unspecified atom stereocenters. The van der Waals surface area contributed by atoms with Gasteiger partial charge in [-0.15, -0.1) is 10.2 Å². The van der Waals surface area contributed by atoms with Crippen molar-refractivity contribution in [1.82, 2.24) is 10.2 Å². The van der Waals surface area contributed by atoms with Gasteiger partial charge in [-0.25, -0.2) is 0 Å². The lowest BCUT2D eigenvalue weighted by Gasteiger charge is -2.15. The molecule has 0 bridgehead atoms. The summed E-state index contributed by atoms with van der Waals surface area (Å²) in [7, 11) is 1.63. The maximum atomic E-state index is 11.9. The summed E-state index contributed by atoms with van der Waals surface area (Å²) in [6, 6.07) is 7.62. The van der Waals surface area contributed by atoms with Crippen molar-refractivity contribution in [2.45, 2.75) is 25.1 Å². The molecule has 7 heteroatoms. The zero-order chi connectivity index (χ0) is 16.2. The number of thioether (sulfide) groups is 1. The molecule has 1 N–H and O–H groups in total. The number of anilines is 2. The summed E-state index contributed by atoms with van der Waals surface area (Å²) in [4.78, 5) is 11.9. The molecular formula is C15H19N3O2S2. The quantitative estimate of drug-likeness (QED) is 0.804. The number of hydrogen-bond donors (Lipinski definition) is 1. The monoisotopic (exact) mass is 337 g/mol. The second-order valence-electron chi connectivity index (χ2n) is 5.66. The predicted octanol–water partition coefficient (Wildman–Crippen LogP) is 4.00. The van der Waals surface area contributed by atoms with Gasteiger partial charge in [0.05, 0.1) is 18.6 Å². The van der Waals surface area contributed by atoms with Gasteiger partial charge in [0.15, 0.2) is 4.34 Å². The summed E-state index contributed by atoms with van der Waals surface area (Å²) in [5, 5.41) is 12.1. The molecule has 2 rings (SSSR count). The number of hydrogen-bond acceptors (Lipinski definition) is 7. The van der Waals surface area contributed by atoms with Crippen LogP contribution in [-0.4, -0.2) is 28.8 Å². The van der Waals surface area contributed by atoms with Gasteiger partial charge in [-0.2, -0.15) is 0 Å². The number of carbonyl (C=O) groups is 1. The van der Waals surface area contributed by atoms with Crippen LogP contribution < -0.4 is 10.1 Å². The average Bonchev–Trinajstić information content (AvgIpc) is 2.92. The van der Waals surface area contributed by atoms with Crippen molar-refractivity contribution >= 4 is 39.7 Å². The fourth-order valence-corrected chi connectivity index (χ4v) is 3.45. The Balaban J connectivity index is 1.98. The number of nitrogens with one attached hydrogen (secondary N) is 1. The molecule has 0 saturated heterocycles. The summed E-state index contributed by atoms with van der Waals surface area (Å²) >= 11 is 2.84. The van der Waals surface area contributed by atoms with Gasteiger partial charge in [0.1, 0.15) is 11.5 Å². The van der Waals surface area contributed by atoms with Gasteiger partial charge in [0.2, 0.25) is 5.13 Å². The molecule has 2 aromatic rings. The molecule has 5 nitrogen and oxygen atoms in total. The third-order valence-corrected chi connectivity index (χ3v) is 4.89. The van der Waals surface area contributed by atoms with E-state index < -0.39 is 0 Å². The lowest BCUT2D eigenvalue weighted by molar-refractivity contribution is -0.123. The van der Waals surface area contributed by atoms with Crippen LogP contribution in [0.1, 0.15) is 20.8 Å². The van der Waals surface area contributed by atoms with E-state index in [-0.39, 0.29) is 11.2 Å². The second kappa shape index (κ2) is 7.11. The lowest BCUT2D eigenvalue weighted by atomic mass is 9.92. The molecule has 0 atom stereocenters. The Bertz CT molecular complexity index is 650. The summed E-state index contributed by atoms with van der Waals surface area (Å²) in [5.41, 5.74) is 0.513. The molecule has 0 spiro atoms. The third kappa shape index (κ3) is 4.45. The Morgan fingerprint density at radius 3 is 2.73 bits per heavy atom. The van der Waals surface area contributed by atoms with E-state index in [0.29, 0.717) is 10.9 Å². The third-order valence-electron chi connectivity index (χ3n) is 2.92. The van der Waals surface area contributed by atoms with Crippen LogP contribution in [0.25, 0.3) is 0 Å². The number of ketones is 1. The van der Waals surface area contributed by atoms with E-state index in [4.69, 9.17) is 4.74 Å². The molecule has 0 aliphatic carbocycles. The van der Waals surface area contributed by atoms with E-state index in [1.807, 2.05) is 45.0 Å². The van der Waals surface area contributed by atoms with Crippen LogP contribution in [-0.2, 0) is 4.79 Å². The Morgan fingerprint density at radius 2 is 2.05 bits per heavy atom. The van der Waals surface area contributed by atoms with Crippen LogP contribution >= 0.6 is 23.1 Å². The van der Waals surface area contributed by atoms with Crippen molar-refractivity contribution in [3.05, 3.63) is 24.3 Å². The highest BCUT2D eigenvalue weighted by Gasteiger charge is 2.21. The minimum Gasteiger partial charge on any atom is -0.495 e. The number of methoxy groups -OCH3 is 1. The highest BCUT2D eigenvalue weighted by atomic mass is 32.2. The number of benzene rings is 1. The highest BCUT2D eigenvalue weighted by molar-refractivity contribution is 8.01. The van der Waals surface area contributed by atoms with E-state index in [1.165, 1.54) is 23.1 Å². The maximum Gasteiger partial charge on any atom is 0.210 e. The van der Waals surface area contributed by atoms with E-state index in [0.717, 1.165) is 15.8 Å². The Kier molecular flexibility index (Phi) is 5.42. The highest BCUT2D eigenvalue weighted by Crippen LogP contribution is 2.32. The zero-order valence-electron chi connectivity index (χ0n) is 13.0. The van der Waals surface area contributed by atoms with Crippen LogP contribution in [0, 0.1) is 5.41 Å². The van der Waals surface area contributed by atoms with Crippen molar-refractivity contribution in [2.75, 3.05) is 18.2 Å². The number of nitrogens with zero attached hydrogens (tertiary/aromatic N) is 2. The molecule has 0 radical (unpaired) electrons. The predicted molar refractivity (Wildman–Crippen MR) is 91.4 cm³/mol.